The minimum Gasteiger partial charge on any atom is -0.479 e. The van der Waals surface area contributed by atoms with Crippen LogP contribution in [0.1, 0.15) is 35.2 Å². The van der Waals surface area contributed by atoms with E-state index >= 15 is 0 Å². The van der Waals surface area contributed by atoms with E-state index in [1.54, 1.807) is 18.2 Å². The molecule has 5 rings (SSSR count). The van der Waals surface area contributed by atoms with Gasteiger partial charge in [-0.05, 0) is 30.2 Å². The fourth-order valence-electron chi connectivity index (χ4n) is 4.12. The van der Waals surface area contributed by atoms with Gasteiger partial charge >= 0.3 is 0 Å². The molecule has 2 aromatic rings. The predicted molar refractivity (Wildman–Crippen MR) is 105 cm³/mol. The van der Waals surface area contributed by atoms with Gasteiger partial charge in [0.15, 0.2) is 11.9 Å². The topological polar surface area (TPSA) is 78.0 Å². The van der Waals surface area contributed by atoms with Gasteiger partial charge in [0.25, 0.3) is 5.91 Å². The Morgan fingerprint density at radius 1 is 1.13 bits per heavy atom. The number of fused-ring (bicyclic) bond motifs is 1. The molecule has 7 nitrogen and oxygen atoms in total. The number of hydrogen-bond donors (Lipinski definition) is 0. The highest BCUT2D eigenvalue weighted by molar-refractivity contribution is 6.04. The summed E-state index contributed by atoms with van der Waals surface area (Å²) in [4.78, 5) is 30.5. The highest BCUT2D eigenvalue weighted by atomic mass is 19.1. The highest BCUT2D eigenvalue weighted by Crippen LogP contribution is 2.32. The maximum atomic E-state index is 14.4. The molecule has 1 aromatic carbocycles. The first-order chi connectivity index (χ1) is 14.6. The lowest BCUT2D eigenvalue weighted by molar-refractivity contribution is -0.122. The zero-order chi connectivity index (χ0) is 20.7. The number of benzene rings is 1. The quantitative estimate of drug-likeness (QED) is 0.752. The van der Waals surface area contributed by atoms with Crippen LogP contribution in [0.15, 0.2) is 30.5 Å². The van der Waals surface area contributed by atoms with Crippen molar-refractivity contribution in [3.8, 4) is 11.6 Å². The molecule has 0 N–H and O–H groups in total. The lowest BCUT2D eigenvalue weighted by atomic mass is 10.1. The number of anilines is 1. The van der Waals surface area contributed by atoms with Crippen molar-refractivity contribution in [3.63, 3.8) is 0 Å². The van der Waals surface area contributed by atoms with E-state index in [0.717, 1.165) is 6.42 Å². The van der Waals surface area contributed by atoms with Gasteiger partial charge in [-0.3, -0.25) is 9.59 Å². The Labute approximate surface area is 172 Å². The van der Waals surface area contributed by atoms with Crippen molar-refractivity contribution >= 4 is 17.4 Å². The van der Waals surface area contributed by atoms with E-state index in [1.165, 1.54) is 17.2 Å². The average Bonchev–Trinajstić information content (AvgIpc) is 3.46. The molecule has 3 aliphatic rings. The Morgan fingerprint density at radius 2 is 2.03 bits per heavy atom. The second-order valence-electron chi connectivity index (χ2n) is 7.70. The number of carbonyl (C=O) groups excluding carboxylic acids is 2. The van der Waals surface area contributed by atoms with Crippen molar-refractivity contribution in [2.45, 2.75) is 37.9 Å². The first-order valence-electron chi connectivity index (χ1n) is 10.1. The first-order valence-corrected chi connectivity index (χ1v) is 10.1. The first kappa shape index (κ1) is 19.0. The number of ketones is 1. The lowest BCUT2D eigenvalue weighted by Gasteiger charge is -2.18. The summed E-state index contributed by atoms with van der Waals surface area (Å²) in [6.07, 6.45) is 2.87. The number of rotatable bonds is 5. The van der Waals surface area contributed by atoms with Crippen LogP contribution >= 0.6 is 0 Å². The van der Waals surface area contributed by atoms with Crippen molar-refractivity contribution in [1.82, 2.24) is 4.98 Å². The molecule has 2 aliphatic heterocycles. The minimum atomic E-state index is -0.686. The largest absolute Gasteiger partial charge is 0.479 e. The molecule has 1 amide bonds. The molecular weight excluding hydrogens is 391 g/mol. The number of aromatic nitrogens is 1. The molecule has 2 saturated heterocycles. The minimum absolute atomic E-state index is 0.00818. The van der Waals surface area contributed by atoms with E-state index in [-0.39, 0.29) is 17.8 Å². The molecule has 30 heavy (non-hydrogen) atoms. The molecule has 1 aromatic heterocycles. The zero-order valence-corrected chi connectivity index (χ0v) is 16.3. The summed E-state index contributed by atoms with van der Waals surface area (Å²) in [6.45, 7) is 1.64. The smallest absolute Gasteiger partial charge is 0.268 e. The summed E-state index contributed by atoms with van der Waals surface area (Å²) in [5.41, 5.74) is 1.23. The molecule has 0 saturated carbocycles. The van der Waals surface area contributed by atoms with Crippen molar-refractivity contribution in [3.05, 3.63) is 47.4 Å². The number of halogens is 1. The molecule has 0 unspecified atom stereocenters. The monoisotopic (exact) mass is 412 g/mol. The third-order valence-electron chi connectivity index (χ3n) is 5.71. The van der Waals surface area contributed by atoms with E-state index in [1.807, 2.05) is 0 Å². The Hall–Kier alpha value is -3.00. The number of nitrogens with zero attached hydrogens (tertiary/aromatic N) is 2. The van der Waals surface area contributed by atoms with Gasteiger partial charge in [0.1, 0.15) is 17.7 Å². The molecule has 0 radical (unpaired) electrons. The van der Waals surface area contributed by atoms with E-state index in [9.17, 15) is 14.0 Å². The summed E-state index contributed by atoms with van der Waals surface area (Å²) in [7, 11) is 0. The normalized spacial score (nSPS) is 23.2. The van der Waals surface area contributed by atoms with Gasteiger partial charge in [0, 0.05) is 43.1 Å². The van der Waals surface area contributed by atoms with Crippen molar-refractivity contribution in [1.29, 1.82) is 0 Å². The van der Waals surface area contributed by atoms with Crippen molar-refractivity contribution < 1.29 is 28.2 Å². The van der Waals surface area contributed by atoms with E-state index in [2.05, 4.69) is 4.98 Å². The average molecular weight is 412 g/mol. The summed E-state index contributed by atoms with van der Waals surface area (Å²) in [5, 5.41) is 0. The van der Waals surface area contributed by atoms with E-state index < -0.39 is 11.9 Å². The van der Waals surface area contributed by atoms with Crippen LogP contribution < -0.4 is 14.4 Å². The zero-order valence-electron chi connectivity index (χ0n) is 16.3. The number of ether oxygens (including phenoxy) is 3. The van der Waals surface area contributed by atoms with Crippen LogP contribution in [0.25, 0.3) is 0 Å². The Morgan fingerprint density at radius 3 is 2.80 bits per heavy atom. The second kappa shape index (κ2) is 7.68. The summed E-state index contributed by atoms with van der Waals surface area (Å²) in [5.74, 6) is 0.167. The molecule has 2 atom stereocenters. The van der Waals surface area contributed by atoms with Crippen molar-refractivity contribution in [2.75, 3.05) is 24.7 Å². The van der Waals surface area contributed by atoms with Gasteiger partial charge in [0.2, 0.25) is 5.88 Å². The van der Waals surface area contributed by atoms with Crippen molar-refractivity contribution in [2.24, 2.45) is 0 Å². The number of amides is 1. The summed E-state index contributed by atoms with van der Waals surface area (Å²) < 4.78 is 31.2. The van der Waals surface area contributed by atoms with Gasteiger partial charge in [-0.25, -0.2) is 9.37 Å². The van der Waals surface area contributed by atoms with Gasteiger partial charge in [0.05, 0.1) is 19.4 Å². The third-order valence-corrected chi connectivity index (χ3v) is 5.71. The maximum Gasteiger partial charge on any atom is 0.268 e. The SMILES string of the molecule is O=C1CCc2c(F)cc(N3CC[C@@H](Oc4ccc(O[C@@H]5CCOC5)nc4)C3=O)cc21. The molecule has 1 aliphatic carbocycles. The molecule has 2 fully saturated rings. The van der Waals surface area contributed by atoms with Gasteiger partial charge in [-0.15, -0.1) is 0 Å². The summed E-state index contributed by atoms with van der Waals surface area (Å²) in [6, 6.07) is 6.36. The molecular formula is C22H21FN2O5. The number of Topliss-reactive ketones (excluding diaryl/α,β-unsaturated/α-hetero) is 1. The predicted octanol–water partition coefficient (Wildman–Crippen LogP) is 2.70. The Bertz CT molecular complexity index is 988. The molecule has 0 spiro atoms. The number of pyridine rings is 1. The van der Waals surface area contributed by atoms with Gasteiger partial charge in [-0.2, -0.15) is 0 Å². The van der Waals surface area contributed by atoms with Crippen LogP contribution in [0.4, 0.5) is 10.1 Å². The van der Waals surface area contributed by atoms with Crippen LogP contribution in [-0.2, 0) is 16.0 Å². The summed E-state index contributed by atoms with van der Waals surface area (Å²) >= 11 is 0. The standard InChI is InChI=1S/C22H21FN2O5/c23-18-10-13(9-17-16(18)2-3-19(17)26)25-7-5-20(22(25)27)29-14-1-4-21(24-11-14)30-15-6-8-28-12-15/h1,4,9-11,15,20H,2-3,5-8,12H2/t15-,20-/m1/s1. The van der Waals surface area contributed by atoms with Crippen LogP contribution in [-0.4, -0.2) is 48.6 Å². The van der Waals surface area contributed by atoms with Gasteiger partial charge < -0.3 is 19.1 Å². The van der Waals surface area contributed by atoms with Gasteiger partial charge in [-0.1, -0.05) is 0 Å². The van der Waals surface area contributed by atoms with E-state index in [4.69, 9.17) is 14.2 Å². The van der Waals surface area contributed by atoms with Crippen LogP contribution in [0.5, 0.6) is 11.6 Å². The number of hydrogen-bond acceptors (Lipinski definition) is 6. The van der Waals surface area contributed by atoms with E-state index in [0.29, 0.717) is 67.5 Å². The number of carbonyl (C=O) groups is 2. The molecule has 3 heterocycles. The lowest BCUT2D eigenvalue weighted by Crippen LogP contribution is -2.32. The fourth-order valence-corrected chi connectivity index (χ4v) is 4.12. The molecule has 8 heteroatoms. The second-order valence-corrected chi connectivity index (χ2v) is 7.70. The van der Waals surface area contributed by atoms with Crippen LogP contribution in [0.2, 0.25) is 0 Å². The third kappa shape index (κ3) is 3.52. The Kier molecular flexibility index (Phi) is 4.86. The fraction of sp³-hybridized carbons (Fsp3) is 0.409. The maximum absolute atomic E-state index is 14.4. The highest BCUT2D eigenvalue weighted by Gasteiger charge is 2.36. The Balaban J connectivity index is 1.26. The van der Waals surface area contributed by atoms with Crippen LogP contribution in [0, 0.1) is 5.82 Å². The molecule has 156 valence electrons. The van der Waals surface area contributed by atoms with Crippen LogP contribution in [0.3, 0.4) is 0 Å². The molecule has 0 bridgehead atoms.